The van der Waals surface area contributed by atoms with E-state index in [0.717, 1.165) is 19.5 Å². The first-order chi connectivity index (χ1) is 8.85. The number of aryl methyl sites for hydroxylation is 3. The van der Waals surface area contributed by atoms with E-state index in [1.54, 1.807) is 0 Å². The zero-order valence-corrected chi connectivity index (χ0v) is 12.7. The van der Waals surface area contributed by atoms with Crippen molar-refractivity contribution in [3.63, 3.8) is 0 Å². The molecule has 102 valence electrons. The lowest BCUT2D eigenvalue weighted by molar-refractivity contribution is 0.217. The summed E-state index contributed by atoms with van der Waals surface area (Å²) in [5, 5.41) is 9.40. The second kappa shape index (κ2) is 4.89. The van der Waals surface area contributed by atoms with Crippen LogP contribution in [-0.4, -0.2) is 13.1 Å². The summed E-state index contributed by atoms with van der Waals surface area (Å²) in [5.41, 5.74) is 5.44. The van der Waals surface area contributed by atoms with E-state index < -0.39 is 0 Å². The molecular formula is C17H24N2. The van der Waals surface area contributed by atoms with E-state index in [1.165, 1.54) is 22.4 Å². The van der Waals surface area contributed by atoms with Gasteiger partial charge in [0.2, 0.25) is 0 Å². The summed E-state index contributed by atoms with van der Waals surface area (Å²) >= 11 is 0. The van der Waals surface area contributed by atoms with E-state index in [-0.39, 0.29) is 11.3 Å². The van der Waals surface area contributed by atoms with Crippen molar-refractivity contribution in [1.29, 1.82) is 5.26 Å². The van der Waals surface area contributed by atoms with Crippen LogP contribution >= 0.6 is 0 Å². The van der Waals surface area contributed by atoms with E-state index in [2.05, 4.69) is 57.7 Å². The number of piperidine rings is 1. The number of nitriles is 1. The van der Waals surface area contributed by atoms with Gasteiger partial charge in [-0.3, -0.25) is 0 Å². The van der Waals surface area contributed by atoms with E-state index in [9.17, 15) is 5.26 Å². The Labute approximate surface area is 117 Å². The molecule has 1 aromatic rings. The van der Waals surface area contributed by atoms with Crippen LogP contribution in [0.1, 0.15) is 37.0 Å². The SMILES string of the molecule is Cc1cc(C)c(N2CCC(C)(C)C(C#N)C2)c(C)c1. The molecule has 1 aliphatic rings. The molecule has 2 nitrogen and oxygen atoms in total. The van der Waals surface area contributed by atoms with E-state index in [1.807, 2.05) is 0 Å². The topological polar surface area (TPSA) is 27.0 Å². The van der Waals surface area contributed by atoms with Crippen molar-refractivity contribution < 1.29 is 0 Å². The van der Waals surface area contributed by atoms with Gasteiger partial charge in [-0.05, 0) is 43.7 Å². The van der Waals surface area contributed by atoms with E-state index >= 15 is 0 Å². The molecule has 0 aliphatic carbocycles. The van der Waals surface area contributed by atoms with Crippen LogP contribution in [0.15, 0.2) is 12.1 Å². The first-order valence-corrected chi connectivity index (χ1v) is 7.07. The fourth-order valence-corrected chi connectivity index (χ4v) is 3.25. The molecule has 0 radical (unpaired) electrons. The summed E-state index contributed by atoms with van der Waals surface area (Å²) in [5.74, 6) is 0.112. The quantitative estimate of drug-likeness (QED) is 0.759. The molecule has 0 amide bonds. The summed E-state index contributed by atoms with van der Waals surface area (Å²) < 4.78 is 0. The maximum atomic E-state index is 9.40. The molecule has 19 heavy (non-hydrogen) atoms. The minimum Gasteiger partial charge on any atom is -0.370 e. The van der Waals surface area contributed by atoms with Crippen molar-refractivity contribution in [2.75, 3.05) is 18.0 Å². The van der Waals surface area contributed by atoms with E-state index in [0.29, 0.717) is 0 Å². The predicted molar refractivity (Wildman–Crippen MR) is 80.4 cm³/mol. The largest absolute Gasteiger partial charge is 0.370 e. The Hall–Kier alpha value is -1.49. The Morgan fingerprint density at radius 2 is 1.79 bits per heavy atom. The lowest BCUT2D eigenvalue weighted by Crippen LogP contribution is -2.44. The van der Waals surface area contributed by atoms with Crippen molar-refractivity contribution in [3.8, 4) is 6.07 Å². The van der Waals surface area contributed by atoms with Gasteiger partial charge in [0.25, 0.3) is 0 Å². The first-order valence-electron chi connectivity index (χ1n) is 7.07. The number of nitrogens with zero attached hydrogens (tertiary/aromatic N) is 2. The van der Waals surface area contributed by atoms with E-state index in [4.69, 9.17) is 0 Å². The van der Waals surface area contributed by atoms with Crippen LogP contribution in [0.3, 0.4) is 0 Å². The Balaban J connectivity index is 2.33. The molecule has 0 aromatic heterocycles. The molecule has 1 fully saturated rings. The second-order valence-corrected chi connectivity index (χ2v) is 6.61. The minimum atomic E-state index is 0.112. The molecule has 1 heterocycles. The van der Waals surface area contributed by atoms with Gasteiger partial charge in [0.05, 0.1) is 12.0 Å². The smallest absolute Gasteiger partial charge is 0.0690 e. The highest BCUT2D eigenvalue weighted by molar-refractivity contribution is 5.60. The number of hydrogen-bond donors (Lipinski definition) is 0. The molecule has 0 spiro atoms. The Morgan fingerprint density at radius 1 is 1.21 bits per heavy atom. The third-order valence-electron chi connectivity index (χ3n) is 4.48. The number of benzene rings is 1. The maximum Gasteiger partial charge on any atom is 0.0690 e. The van der Waals surface area contributed by atoms with Gasteiger partial charge in [0.15, 0.2) is 0 Å². The highest BCUT2D eigenvalue weighted by Crippen LogP contribution is 2.38. The van der Waals surface area contributed by atoms with Gasteiger partial charge in [-0.15, -0.1) is 0 Å². The summed E-state index contributed by atoms with van der Waals surface area (Å²) in [7, 11) is 0. The van der Waals surface area contributed by atoms with Crippen molar-refractivity contribution in [2.24, 2.45) is 11.3 Å². The summed E-state index contributed by atoms with van der Waals surface area (Å²) in [4.78, 5) is 2.41. The summed E-state index contributed by atoms with van der Waals surface area (Å²) in [6.07, 6.45) is 1.08. The molecule has 0 N–H and O–H groups in total. The lowest BCUT2D eigenvalue weighted by Gasteiger charge is -2.42. The third-order valence-corrected chi connectivity index (χ3v) is 4.48. The zero-order chi connectivity index (χ0) is 14.2. The van der Waals surface area contributed by atoms with Crippen LogP contribution in [0.5, 0.6) is 0 Å². The molecule has 1 saturated heterocycles. The first kappa shape index (κ1) is 13.9. The summed E-state index contributed by atoms with van der Waals surface area (Å²) in [6.45, 7) is 12.8. The number of anilines is 1. The fraction of sp³-hybridized carbons (Fsp3) is 0.588. The molecule has 0 saturated carbocycles. The normalized spacial score (nSPS) is 22.1. The van der Waals surface area contributed by atoms with Crippen LogP contribution in [0.2, 0.25) is 0 Å². The van der Waals surface area contributed by atoms with Gasteiger partial charge in [-0.2, -0.15) is 5.26 Å². The number of rotatable bonds is 1. The van der Waals surface area contributed by atoms with Crippen molar-refractivity contribution in [1.82, 2.24) is 0 Å². The van der Waals surface area contributed by atoms with Crippen molar-refractivity contribution in [2.45, 2.75) is 41.0 Å². The molecule has 1 aliphatic heterocycles. The highest BCUT2D eigenvalue weighted by Gasteiger charge is 2.36. The van der Waals surface area contributed by atoms with Crippen LogP contribution in [0, 0.1) is 43.4 Å². The molecule has 1 unspecified atom stereocenters. The molecule has 0 bridgehead atoms. The minimum absolute atomic E-state index is 0.112. The van der Waals surface area contributed by atoms with Gasteiger partial charge in [-0.1, -0.05) is 31.5 Å². The van der Waals surface area contributed by atoms with Crippen LogP contribution < -0.4 is 4.90 Å². The molecule has 2 heteroatoms. The van der Waals surface area contributed by atoms with Crippen molar-refractivity contribution in [3.05, 3.63) is 28.8 Å². The second-order valence-electron chi connectivity index (χ2n) is 6.61. The van der Waals surface area contributed by atoms with Crippen molar-refractivity contribution >= 4 is 5.69 Å². The van der Waals surface area contributed by atoms with Gasteiger partial charge >= 0.3 is 0 Å². The fourth-order valence-electron chi connectivity index (χ4n) is 3.25. The van der Waals surface area contributed by atoms with Crippen LogP contribution in [0.4, 0.5) is 5.69 Å². The van der Waals surface area contributed by atoms with Gasteiger partial charge in [0.1, 0.15) is 0 Å². The third kappa shape index (κ3) is 2.61. The predicted octanol–water partition coefficient (Wildman–Crippen LogP) is 3.99. The van der Waals surface area contributed by atoms with Gasteiger partial charge in [-0.25, -0.2) is 0 Å². The Kier molecular flexibility index (Phi) is 3.58. The average Bonchev–Trinajstić information content (AvgIpc) is 2.29. The standard InChI is InChI=1S/C17H24N2/c1-12-8-13(2)16(14(3)9-12)19-7-6-17(4,5)15(10-18)11-19/h8-9,15H,6-7,11H2,1-5H3. The number of hydrogen-bond acceptors (Lipinski definition) is 2. The zero-order valence-electron chi connectivity index (χ0n) is 12.7. The Bertz CT molecular complexity index is 500. The van der Waals surface area contributed by atoms with Gasteiger partial charge < -0.3 is 4.90 Å². The monoisotopic (exact) mass is 256 g/mol. The summed E-state index contributed by atoms with van der Waals surface area (Å²) in [6, 6.07) is 6.98. The molecule has 2 rings (SSSR count). The van der Waals surface area contributed by atoms with Crippen LogP contribution in [-0.2, 0) is 0 Å². The average molecular weight is 256 g/mol. The van der Waals surface area contributed by atoms with Crippen LogP contribution in [0.25, 0.3) is 0 Å². The highest BCUT2D eigenvalue weighted by atomic mass is 15.1. The molecule has 1 aromatic carbocycles. The molecule has 1 atom stereocenters. The Morgan fingerprint density at radius 3 is 2.32 bits per heavy atom. The lowest BCUT2D eigenvalue weighted by atomic mass is 9.74. The maximum absolute atomic E-state index is 9.40. The van der Waals surface area contributed by atoms with Gasteiger partial charge in [0, 0.05) is 18.8 Å². The molecular weight excluding hydrogens is 232 g/mol.